The van der Waals surface area contributed by atoms with Crippen LogP contribution in [0.4, 0.5) is 17.1 Å². The first-order valence-corrected chi connectivity index (χ1v) is 8.77. The van der Waals surface area contributed by atoms with Crippen LogP contribution in [0.2, 0.25) is 0 Å². The van der Waals surface area contributed by atoms with Crippen LogP contribution in [0.25, 0.3) is 0 Å². The van der Waals surface area contributed by atoms with E-state index in [-0.39, 0.29) is 12.5 Å². The number of ether oxygens (including phenoxy) is 2. The van der Waals surface area contributed by atoms with Crippen LogP contribution >= 0.6 is 0 Å². The molecule has 138 valence electrons. The highest BCUT2D eigenvalue weighted by atomic mass is 16.5. The number of nitrogens with one attached hydrogen (secondary N) is 2. The van der Waals surface area contributed by atoms with Gasteiger partial charge in [0.1, 0.15) is 5.75 Å². The second kappa shape index (κ2) is 8.58. The lowest BCUT2D eigenvalue weighted by molar-refractivity contribution is -0.114. The number of carbonyl (C=O) groups is 1. The van der Waals surface area contributed by atoms with Crippen molar-refractivity contribution in [1.29, 1.82) is 0 Å². The Kier molecular flexibility index (Phi) is 5.96. The molecule has 2 aromatic carbocycles. The summed E-state index contributed by atoms with van der Waals surface area (Å²) in [5, 5.41) is 6.07. The number of hydrogen-bond acceptors (Lipinski definition) is 5. The first kappa shape index (κ1) is 18.1. The van der Waals surface area contributed by atoms with E-state index in [0.717, 1.165) is 54.7 Å². The summed E-state index contributed by atoms with van der Waals surface area (Å²) in [6.07, 6.45) is 0. The second-order valence-electron chi connectivity index (χ2n) is 6.23. The predicted molar refractivity (Wildman–Crippen MR) is 104 cm³/mol. The Balaban J connectivity index is 1.51. The highest BCUT2D eigenvalue weighted by Gasteiger charge is 2.11. The van der Waals surface area contributed by atoms with Gasteiger partial charge in [-0.2, -0.15) is 0 Å². The number of methoxy groups -OCH3 is 1. The summed E-state index contributed by atoms with van der Waals surface area (Å²) in [7, 11) is 1.64. The molecule has 2 N–H and O–H groups in total. The van der Waals surface area contributed by atoms with Crippen LogP contribution < -0.4 is 20.3 Å². The van der Waals surface area contributed by atoms with Gasteiger partial charge in [-0.25, -0.2) is 0 Å². The molecule has 0 saturated carbocycles. The topological polar surface area (TPSA) is 62.8 Å². The zero-order valence-electron chi connectivity index (χ0n) is 15.2. The summed E-state index contributed by atoms with van der Waals surface area (Å²) in [5.41, 5.74) is 3.90. The van der Waals surface area contributed by atoms with Gasteiger partial charge in [0, 0.05) is 30.2 Å². The lowest BCUT2D eigenvalue weighted by Gasteiger charge is -2.28. The highest BCUT2D eigenvalue weighted by molar-refractivity contribution is 5.94. The van der Waals surface area contributed by atoms with Crippen LogP contribution in [-0.2, 0) is 9.53 Å². The average molecular weight is 355 g/mol. The number of benzene rings is 2. The minimum absolute atomic E-state index is 0.0839. The third-order valence-electron chi connectivity index (χ3n) is 4.40. The summed E-state index contributed by atoms with van der Waals surface area (Å²) in [5.74, 6) is 0.720. The number of carbonyl (C=O) groups excluding carboxylic acids is 1. The Bertz CT molecular complexity index is 740. The number of rotatable bonds is 6. The molecule has 0 unspecified atom stereocenters. The van der Waals surface area contributed by atoms with Gasteiger partial charge in [-0.05, 0) is 55.0 Å². The van der Waals surface area contributed by atoms with E-state index in [4.69, 9.17) is 9.47 Å². The maximum absolute atomic E-state index is 12.2. The third kappa shape index (κ3) is 4.67. The number of morpholine rings is 1. The van der Waals surface area contributed by atoms with E-state index < -0.39 is 0 Å². The molecule has 26 heavy (non-hydrogen) atoms. The van der Waals surface area contributed by atoms with E-state index in [2.05, 4.69) is 15.5 Å². The van der Waals surface area contributed by atoms with Crippen LogP contribution in [0.3, 0.4) is 0 Å². The Hall–Kier alpha value is -2.73. The van der Waals surface area contributed by atoms with Crippen LogP contribution in [0, 0.1) is 6.92 Å². The van der Waals surface area contributed by atoms with Gasteiger partial charge >= 0.3 is 0 Å². The average Bonchev–Trinajstić information content (AvgIpc) is 2.68. The van der Waals surface area contributed by atoms with E-state index in [1.54, 1.807) is 7.11 Å². The van der Waals surface area contributed by atoms with Gasteiger partial charge in [0.2, 0.25) is 5.91 Å². The van der Waals surface area contributed by atoms with Crippen molar-refractivity contribution in [3.05, 3.63) is 48.0 Å². The predicted octanol–water partition coefficient (Wildman–Crippen LogP) is 2.89. The molecule has 1 aliphatic heterocycles. The lowest BCUT2D eigenvalue weighted by atomic mass is 10.2. The van der Waals surface area contributed by atoms with Crippen molar-refractivity contribution in [2.45, 2.75) is 6.92 Å². The van der Waals surface area contributed by atoms with E-state index in [9.17, 15) is 4.79 Å². The molecule has 1 aliphatic rings. The Morgan fingerprint density at radius 2 is 1.88 bits per heavy atom. The summed E-state index contributed by atoms with van der Waals surface area (Å²) in [6, 6.07) is 13.6. The largest absolute Gasteiger partial charge is 0.497 e. The van der Waals surface area contributed by atoms with E-state index in [1.165, 1.54) is 0 Å². The van der Waals surface area contributed by atoms with Crippen molar-refractivity contribution < 1.29 is 14.3 Å². The summed E-state index contributed by atoms with van der Waals surface area (Å²) in [4.78, 5) is 14.5. The molecule has 0 aromatic heterocycles. The molecule has 0 radical (unpaired) electrons. The Morgan fingerprint density at radius 3 is 2.54 bits per heavy atom. The van der Waals surface area contributed by atoms with Gasteiger partial charge in [0.05, 0.1) is 26.9 Å². The first-order chi connectivity index (χ1) is 12.7. The molecule has 1 fully saturated rings. The molecular formula is C20H25N3O3. The minimum atomic E-state index is -0.0839. The smallest absolute Gasteiger partial charge is 0.243 e. The zero-order valence-corrected chi connectivity index (χ0v) is 15.2. The minimum Gasteiger partial charge on any atom is -0.497 e. The molecule has 1 amide bonds. The van der Waals surface area contributed by atoms with Gasteiger partial charge in [-0.1, -0.05) is 0 Å². The fourth-order valence-corrected chi connectivity index (χ4v) is 2.92. The second-order valence-corrected chi connectivity index (χ2v) is 6.23. The molecule has 6 heteroatoms. The molecule has 2 aromatic rings. The van der Waals surface area contributed by atoms with Crippen molar-refractivity contribution >= 4 is 23.0 Å². The molecule has 3 rings (SSSR count). The summed E-state index contributed by atoms with van der Waals surface area (Å²) < 4.78 is 10.6. The quantitative estimate of drug-likeness (QED) is 0.834. The molecule has 0 aliphatic carbocycles. The SMILES string of the molecule is COc1ccc(NCC(=O)Nc2ccc(N3CCOCC3)cc2)c(C)c1. The number of aryl methyl sites for hydroxylation is 1. The maximum Gasteiger partial charge on any atom is 0.243 e. The standard InChI is InChI=1S/C20H25N3O3/c1-15-13-18(25-2)7-8-19(15)21-14-20(24)22-16-3-5-17(6-4-16)23-9-11-26-12-10-23/h3-8,13,21H,9-12,14H2,1-2H3,(H,22,24). The van der Waals surface area contributed by atoms with Crippen molar-refractivity contribution in [2.24, 2.45) is 0 Å². The van der Waals surface area contributed by atoms with Crippen LogP contribution in [0.15, 0.2) is 42.5 Å². The third-order valence-corrected chi connectivity index (χ3v) is 4.40. The fourth-order valence-electron chi connectivity index (χ4n) is 2.92. The number of hydrogen-bond donors (Lipinski definition) is 2. The van der Waals surface area contributed by atoms with Gasteiger partial charge in [-0.3, -0.25) is 4.79 Å². The number of anilines is 3. The van der Waals surface area contributed by atoms with E-state index in [1.807, 2.05) is 49.4 Å². The van der Waals surface area contributed by atoms with Gasteiger partial charge in [0.15, 0.2) is 0 Å². The van der Waals surface area contributed by atoms with Crippen LogP contribution in [0.5, 0.6) is 5.75 Å². The molecule has 0 spiro atoms. The van der Waals surface area contributed by atoms with E-state index in [0.29, 0.717) is 0 Å². The van der Waals surface area contributed by atoms with Crippen molar-refractivity contribution in [3.8, 4) is 5.75 Å². The van der Waals surface area contributed by atoms with Crippen LogP contribution in [-0.4, -0.2) is 45.9 Å². The molecule has 1 saturated heterocycles. The highest BCUT2D eigenvalue weighted by Crippen LogP contribution is 2.21. The Labute approximate surface area is 154 Å². The number of nitrogens with zero attached hydrogens (tertiary/aromatic N) is 1. The van der Waals surface area contributed by atoms with Crippen LogP contribution in [0.1, 0.15) is 5.56 Å². The summed E-state index contributed by atoms with van der Waals surface area (Å²) in [6.45, 7) is 5.50. The first-order valence-electron chi connectivity index (χ1n) is 8.77. The molecular weight excluding hydrogens is 330 g/mol. The molecule has 0 bridgehead atoms. The number of amides is 1. The van der Waals surface area contributed by atoms with Gasteiger partial charge in [-0.15, -0.1) is 0 Å². The molecule has 0 atom stereocenters. The normalized spacial score (nSPS) is 14.0. The fraction of sp³-hybridized carbons (Fsp3) is 0.350. The van der Waals surface area contributed by atoms with Gasteiger partial charge < -0.3 is 25.0 Å². The maximum atomic E-state index is 12.2. The van der Waals surface area contributed by atoms with Crippen molar-refractivity contribution in [3.63, 3.8) is 0 Å². The van der Waals surface area contributed by atoms with E-state index >= 15 is 0 Å². The van der Waals surface area contributed by atoms with Crippen molar-refractivity contribution in [2.75, 3.05) is 55.5 Å². The monoisotopic (exact) mass is 355 g/mol. The molecule has 1 heterocycles. The Morgan fingerprint density at radius 1 is 1.15 bits per heavy atom. The summed E-state index contributed by atoms with van der Waals surface area (Å²) >= 11 is 0. The lowest BCUT2D eigenvalue weighted by Crippen LogP contribution is -2.36. The van der Waals surface area contributed by atoms with Gasteiger partial charge in [0.25, 0.3) is 0 Å². The van der Waals surface area contributed by atoms with Crippen molar-refractivity contribution in [1.82, 2.24) is 0 Å². The zero-order chi connectivity index (χ0) is 18.4. The molecule has 6 nitrogen and oxygen atoms in total.